The molecule has 0 unspecified atom stereocenters. The second-order valence-corrected chi connectivity index (χ2v) is 5.93. The maximum atomic E-state index is 11.8. The van der Waals surface area contributed by atoms with Crippen LogP contribution >= 0.6 is 40.1 Å². The lowest BCUT2D eigenvalue weighted by molar-refractivity contribution is 0.413. The van der Waals surface area contributed by atoms with E-state index in [2.05, 4.69) is 31.9 Å². The van der Waals surface area contributed by atoms with E-state index in [1.165, 1.54) is 0 Å². The predicted octanol–water partition coefficient (Wildman–Crippen LogP) is 5.06. The summed E-state index contributed by atoms with van der Waals surface area (Å²) in [5.74, 6) is 0.988. The van der Waals surface area contributed by atoms with Gasteiger partial charge >= 0.3 is 8.25 Å². The SMILES string of the molecule is O=[PH](Oc1ccccc1Br)Oc1ccccc1Br. The van der Waals surface area contributed by atoms with Gasteiger partial charge in [0, 0.05) is 0 Å². The van der Waals surface area contributed by atoms with Crippen molar-refractivity contribution < 1.29 is 13.6 Å². The lowest BCUT2D eigenvalue weighted by Crippen LogP contribution is -1.90. The minimum absolute atomic E-state index is 0.494. The van der Waals surface area contributed by atoms with Crippen molar-refractivity contribution in [2.45, 2.75) is 0 Å². The highest BCUT2D eigenvalue weighted by Gasteiger charge is 2.08. The van der Waals surface area contributed by atoms with Crippen LogP contribution in [0.5, 0.6) is 11.5 Å². The van der Waals surface area contributed by atoms with Gasteiger partial charge in [-0.2, -0.15) is 0 Å². The normalized spacial score (nSPS) is 10.4. The van der Waals surface area contributed by atoms with Gasteiger partial charge in [-0.25, -0.2) is 4.57 Å². The van der Waals surface area contributed by atoms with Crippen LogP contribution in [-0.2, 0) is 4.57 Å². The van der Waals surface area contributed by atoms with Crippen molar-refractivity contribution in [1.82, 2.24) is 0 Å². The molecule has 0 N–H and O–H groups in total. The zero-order chi connectivity index (χ0) is 13.0. The highest BCUT2D eigenvalue weighted by Crippen LogP contribution is 2.36. The van der Waals surface area contributed by atoms with E-state index in [4.69, 9.17) is 9.05 Å². The first kappa shape index (κ1) is 13.7. The Bertz CT molecular complexity index is 525. The van der Waals surface area contributed by atoms with Crippen LogP contribution in [0.25, 0.3) is 0 Å². The molecule has 0 heterocycles. The van der Waals surface area contributed by atoms with Gasteiger partial charge in [-0.3, -0.25) is 0 Å². The Balaban J connectivity index is 2.06. The van der Waals surface area contributed by atoms with Crippen molar-refractivity contribution in [3.05, 3.63) is 57.5 Å². The van der Waals surface area contributed by atoms with Crippen molar-refractivity contribution >= 4 is 40.1 Å². The van der Waals surface area contributed by atoms with E-state index >= 15 is 0 Å². The molecular weight excluding hydrogens is 383 g/mol. The number of hydrogen-bond acceptors (Lipinski definition) is 3. The second-order valence-electron chi connectivity index (χ2n) is 3.31. The van der Waals surface area contributed by atoms with Gasteiger partial charge in [0.05, 0.1) is 8.95 Å². The van der Waals surface area contributed by atoms with Crippen LogP contribution < -0.4 is 9.05 Å². The molecular formula is C12H9Br2O3P. The van der Waals surface area contributed by atoms with Crippen LogP contribution in [0, 0.1) is 0 Å². The Morgan fingerprint density at radius 1 is 0.778 bits per heavy atom. The molecule has 0 aromatic heterocycles. The van der Waals surface area contributed by atoms with Crippen LogP contribution in [0.15, 0.2) is 57.5 Å². The second kappa shape index (κ2) is 6.41. The standard InChI is InChI=1S/C12H9Br2O3P/c13-9-5-1-3-7-11(9)16-18(15)17-12-8-4-2-6-10(12)14/h1-8,18H. The molecule has 0 saturated carbocycles. The van der Waals surface area contributed by atoms with Crippen LogP contribution in [0.3, 0.4) is 0 Å². The summed E-state index contributed by atoms with van der Waals surface area (Å²) >= 11 is 6.62. The summed E-state index contributed by atoms with van der Waals surface area (Å²) in [5, 5.41) is 0. The Morgan fingerprint density at radius 3 is 1.56 bits per heavy atom. The third-order valence-electron chi connectivity index (χ3n) is 2.06. The molecule has 0 aliphatic rings. The topological polar surface area (TPSA) is 35.5 Å². The van der Waals surface area contributed by atoms with Gasteiger partial charge < -0.3 is 9.05 Å². The van der Waals surface area contributed by atoms with Gasteiger partial charge in [-0.1, -0.05) is 24.3 Å². The highest BCUT2D eigenvalue weighted by atomic mass is 79.9. The molecule has 94 valence electrons. The third kappa shape index (κ3) is 3.61. The average molecular weight is 392 g/mol. The number of para-hydroxylation sites is 2. The van der Waals surface area contributed by atoms with Gasteiger partial charge in [0.25, 0.3) is 0 Å². The number of rotatable bonds is 4. The summed E-state index contributed by atoms with van der Waals surface area (Å²) in [7, 11) is -2.65. The largest absolute Gasteiger partial charge is 0.419 e. The zero-order valence-electron chi connectivity index (χ0n) is 9.10. The minimum Gasteiger partial charge on any atom is -0.417 e. The maximum absolute atomic E-state index is 11.8. The van der Waals surface area contributed by atoms with E-state index in [-0.39, 0.29) is 0 Å². The number of halogens is 2. The Hall–Kier alpha value is -0.770. The van der Waals surface area contributed by atoms with E-state index in [0.717, 1.165) is 8.95 Å². The zero-order valence-corrected chi connectivity index (χ0v) is 13.3. The van der Waals surface area contributed by atoms with Crippen LogP contribution in [-0.4, -0.2) is 0 Å². The third-order valence-corrected chi connectivity index (χ3v) is 4.14. The van der Waals surface area contributed by atoms with E-state index < -0.39 is 8.25 Å². The van der Waals surface area contributed by atoms with E-state index in [1.54, 1.807) is 24.3 Å². The fourth-order valence-corrected chi connectivity index (χ4v) is 3.04. The van der Waals surface area contributed by atoms with Crippen LogP contribution in [0.4, 0.5) is 0 Å². The molecule has 0 spiro atoms. The smallest absolute Gasteiger partial charge is 0.417 e. The lowest BCUT2D eigenvalue weighted by Gasteiger charge is -2.10. The van der Waals surface area contributed by atoms with Crippen LogP contribution in [0.1, 0.15) is 0 Å². The highest BCUT2D eigenvalue weighted by molar-refractivity contribution is 9.10. The lowest BCUT2D eigenvalue weighted by atomic mass is 10.3. The first-order chi connectivity index (χ1) is 8.66. The molecule has 0 atom stereocenters. The molecule has 6 heteroatoms. The first-order valence-electron chi connectivity index (χ1n) is 5.05. The summed E-state index contributed by atoms with van der Waals surface area (Å²) < 4.78 is 23.8. The van der Waals surface area contributed by atoms with E-state index in [1.807, 2.05) is 24.3 Å². The summed E-state index contributed by atoms with van der Waals surface area (Å²) in [6.45, 7) is 0. The molecule has 2 rings (SSSR count). The van der Waals surface area contributed by atoms with E-state index in [9.17, 15) is 4.57 Å². The van der Waals surface area contributed by atoms with Crippen molar-refractivity contribution in [2.24, 2.45) is 0 Å². The summed E-state index contributed by atoms with van der Waals surface area (Å²) in [6, 6.07) is 14.4. The minimum atomic E-state index is -2.65. The molecule has 2 aromatic rings. The number of hydrogen-bond donors (Lipinski definition) is 0. The summed E-state index contributed by atoms with van der Waals surface area (Å²) in [5.41, 5.74) is 0. The molecule has 18 heavy (non-hydrogen) atoms. The summed E-state index contributed by atoms with van der Waals surface area (Å²) in [6.07, 6.45) is 0. The fourth-order valence-electron chi connectivity index (χ4n) is 1.26. The maximum Gasteiger partial charge on any atom is 0.419 e. The molecule has 3 nitrogen and oxygen atoms in total. The Morgan fingerprint density at radius 2 is 1.17 bits per heavy atom. The molecule has 0 aliphatic heterocycles. The number of benzene rings is 2. The van der Waals surface area contributed by atoms with E-state index in [0.29, 0.717) is 11.5 Å². The van der Waals surface area contributed by atoms with Gasteiger partial charge in [0.15, 0.2) is 0 Å². The van der Waals surface area contributed by atoms with Gasteiger partial charge in [0.1, 0.15) is 11.5 Å². The van der Waals surface area contributed by atoms with Crippen molar-refractivity contribution in [1.29, 1.82) is 0 Å². The molecule has 0 bridgehead atoms. The predicted molar refractivity (Wildman–Crippen MR) is 78.5 cm³/mol. The fraction of sp³-hybridized carbons (Fsp3) is 0. The van der Waals surface area contributed by atoms with Crippen molar-refractivity contribution in [3.63, 3.8) is 0 Å². The monoisotopic (exact) mass is 390 g/mol. The first-order valence-corrected chi connectivity index (χ1v) is 7.86. The Labute approximate surface area is 122 Å². The van der Waals surface area contributed by atoms with Gasteiger partial charge in [0.2, 0.25) is 0 Å². The molecule has 2 aromatic carbocycles. The van der Waals surface area contributed by atoms with Crippen LogP contribution in [0.2, 0.25) is 0 Å². The molecule has 0 amide bonds. The van der Waals surface area contributed by atoms with Crippen molar-refractivity contribution in [3.8, 4) is 11.5 Å². The Kier molecular flexibility index (Phi) is 4.87. The summed E-state index contributed by atoms with van der Waals surface area (Å²) in [4.78, 5) is 0. The van der Waals surface area contributed by atoms with Gasteiger partial charge in [-0.15, -0.1) is 0 Å². The quantitative estimate of drug-likeness (QED) is 0.683. The van der Waals surface area contributed by atoms with Crippen molar-refractivity contribution in [2.75, 3.05) is 0 Å². The molecule has 0 radical (unpaired) electrons. The molecule has 0 aliphatic carbocycles. The molecule has 0 saturated heterocycles. The molecule has 0 fully saturated rings. The average Bonchev–Trinajstić information content (AvgIpc) is 2.35. The van der Waals surface area contributed by atoms with Gasteiger partial charge in [-0.05, 0) is 56.1 Å².